The fraction of sp³-hybridized carbons (Fsp3) is 0.286. The van der Waals surface area contributed by atoms with Crippen molar-refractivity contribution in [3.8, 4) is 0 Å². The minimum Gasteiger partial charge on any atom is -0.275 e. The Bertz CT molecular complexity index is 455. The lowest BCUT2D eigenvalue weighted by Crippen LogP contribution is -2.15. The molecule has 0 unspecified atom stereocenters. The summed E-state index contributed by atoms with van der Waals surface area (Å²) < 4.78 is 3.10. The zero-order valence-electron chi connectivity index (χ0n) is 7.04. The van der Waals surface area contributed by atoms with Crippen molar-refractivity contribution in [3.05, 3.63) is 33.1 Å². The molecule has 0 amide bonds. The maximum absolute atomic E-state index is 11.1. The van der Waals surface area contributed by atoms with E-state index >= 15 is 0 Å². The van der Waals surface area contributed by atoms with Gasteiger partial charge in [0.1, 0.15) is 5.51 Å². The highest BCUT2D eigenvalue weighted by Crippen LogP contribution is 1.95. The van der Waals surface area contributed by atoms with E-state index in [1.54, 1.807) is 4.68 Å². The first-order valence-electron chi connectivity index (χ1n) is 3.75. The van der Waals surface area contributed by atoms with Crippen molar-refractivity contribution in [3.63, 3.8) is 0 Å². The number of hydrogen-bond donors (Lipinski definition) is 0. The summed E-state index contributed by atoms with van der Waals surface area (Å²) in [6, 6.07) is 1.87. The average molecular weight is 196 g/mol. The highest BCUT2D eigenvalue weighted by molar-refractivity contribution is 7.06. The van der Waals surface area contributed by atoms with Gasteiger partial charge in [0, 0.05) is 13.2 Å². The van der Waals surface area contributed by atoms with Crippen LogP contribution in [0, 0.1) is 0 Å². The minimum absolute atomic E-state index is 0.0503. The van der Waals surface area contributed by atoms with Gasteiger partial charge in [0.15, 0.2) is 0 Å². The van der Waals surface area contributed by atoms with Crippen LogP contribution in [0.3, 0.4) is 0 Å². The second-order valence-corrected chi connectivity index (χ2v) is 3.44. The lowest BCUT2D eigenvalue weighted by Gasteiger charge is -1.93. The van der Waals surface area contributed by atoms with E-state index in [-0.39, 0.29) is 4.87 Å². The normalized spacial score (nSPS) is 10.5. The maximum atomic E-state index is 11.1. The van der Waals surface area contributed by atoms with E-state index in [2.05, 4.69) is 10.2 Å². The Hall–Kier alpha value is -1.43. The van der Waals surface area contributed by atoms with E-state index in [1.165, 1.54) is 10.2 Å². The molecule has 0 atom stereocenters. The van der Waals surface area contributed by atoms with Crippen molar-refractivity contribution >= 4 is 11.3 Å². The molecular weight excluding hydrogens is 188 g/mol. The standard InChI is InChI=1S/C7H8N4OS/c1-10-3-2-6(9-10)4-11-7(12)13-5-8-11/h2-3,5H,4H2,1H3. The summed E-state index contributed by atoms with van der Waals surface area (Å²) in [5.74, 6) is 0. The van der Waals surface area contributed by atoms with Crippen molar-refractivity contribution < 1.29 is 0 Å². The van der Waals surface area contributed by atoms with E-state index in [0.29, 0.717) is 6.54 Å². The Balaban J connectivity index is 2.24. The van der Waals surface area contributed by atoms with Crippen LogP contribution < -0.4 is 4.87 Å². The van der Waals surface area contributed by atoms with Crippen molar-refractivity contribution in [1.29, 1.82) is 0 Å². The second-order valence-electron chi connectivity index (χ2n) is 2.64. The third kappa shape index (κ3) is 1.67. The predicted octanol–water partition coefficient (Wildman–Crippen LogP) is 0.0866. The molecule has 0 aliphatic heterocycles. The van der Waals surface area contributed by atoms with Gasteiger partial charge in [-0.3, -0.25) is 9.48 Å². The molecule has 0 radical (unpaired) electrons. The molecule has 5 nitrogen and oxygen atoms in total. The van der Waals surface area contributed by atoms with Crippen molar-refractivity contribution in [2.45, 2.75) is 6.54 Å². The van der Waals surface area contributed by atoms with Gasteiger partial charge in [-0.25, -0.2) is 4.68 Å². The molecular formula is C7H8N4OS. The quantitative estimate of drug-likeness (QED) is 0.684. The molecule has 2 rings (SSSR count). The molecule has 0 aliphatic rings. The number of aromatic nitrogens is 4. The van der Waals surface area contributed by atoms with Crippen LogP contribution >= 0.6 is 11.3 Å². The fourth-order valence-corrected chi connectivity index (χ4v) is 1.52. The molecule has 68 valence electrons. The van der Waals surface area contributed by atoms with Crippen LogP contribution in [0.4, 0.5) is 0 Å². The number of rotatable bonds is 2. The monoisotopic (exact) mass is 196 g/mol. The molecule has 2 aromatic rings. The molecule has 0 aliphatic carbocycles. The Labute approximate surface area is 78.2 Å². The van der Waals surface area contributed by atoms with Crippen molar-refractivity contribution in [2.75, 3.05) is 0 Å². The van der Waals surface area contributed by atoms with Gasteiger partial charge < -0.3 is 0 Å². The van der Waals surface area contributed by atoms with Gasteiger partial charge in [0.2, 0.25) is 0 Å². The predicted molar refractivity (Wildman–Crippen MR) is 48.7 cm³/mol. The van der Waals surface area contributed by atoms with Gasteiger partial charge in [-0.1, -0.05) is 11.3 Å². The van der Waals surface area contributed by atoms with Gasteiger partial charge in [-0.05, 0) is 6.07 Å². The van der Waals surface area contributed by atoms with Crippen LogP contribution in [0.15, 0.2) is 22.6 Å². The van der Waals surface area contributed by atoms with Crippen LogP contribution in [0.2, 0.25) is 0 Å². The molecule has 0 fully saturated rings. The summed E-state index contributed by atoms with van der Waals surface area (Å²) in [5.41, 5.74) is 2.38. The first kappa shape index (κ1) is 8.18. The van der Waals surface area contributed by atoms with E-state index < -0.39 is 0 Å². The van der Waals surface area contributed by atoms with Crippen molar-refractivity contribution in [1.82, 2.24) is 19.6 Å². The third-order valence-electron chi connectivity index (χ3n) is 1.63. The lowest BCUT2D eigenvalue weighted by atomic mass is 10.4. The molecule has 13 heavy (non-hydrogen) atoms. The third-order valence-corrected chi connectivity index (χ3v) is 2.24. The van der Waals surface area contributed by atoms with Gasteiger partial charge >= 0.3 is 4.87 Å². The molecule has 0 aromatic carbocycles. The van der Waals surface area contributed by atoms with Crippen molar-refractivity contribution in [2.24, 2.45) is 7.05 Å². The van der Waals surface area contributed by atoms with E-state index in [4.69, 9.17) is 0 Å². The van der Waals surface area contributed by atoms with Crippen LogP contribution in [0.5, 0.6) is 0 Å². The number of hydrogen-bond acceptors (Lipinski definition) is 4. The molecule has 2 aromatic heterocycles. The minimum atomic E-state index is -0.0503. The van der Waals surface area contributed by atoms with Crippen LogP contribution in [0.1, 0.15) is 5.69 Å². The highest BCUT2D eigenvalue weighted by atomic mass is 32.1. The molecule has 0 spiro atoms. The summed E-state index contributed by atoms with van der Waals surface area (Å²) >= 11 is 1.09. The Morgan fingerprint density at radius 1 is 1.62 bits per heavy atom. The summed E-state index contributed by atoms with van der Waals surface area (Å²) in [6.45, 7) is 0.448. The van der Waals surface area contributed by atoms with Crippen LogP contribution in [-0.2, 0) is 13.6 Å². The van der Waals surface area contributed by atoms with Gasteiger partial charge in [-0.2, -0.15) is 10.2 Å². The molecule has 0 N–H and O–H groups in total. The van der Waals surface area contributed by atoms with Gasteiger partial charge in [0.25, 0.3) is 0 Å². The molecule has 0 saturated heterocycles. The SMILES string of the molecule is Cn1ccc(Cn2ncsc2=O)n1. The molecule has 0 bridgehead atoms. The summed E-state index contributed by atoms with van der Waals surface area (Å²) in [6.07, 6.45) is 1.84. The lowest BCUT2D eigenvalue weighted by molar-refractivity contribution is 0.635. The Morgan fingerprint density at radius 3 is 3.00 bits per heavy atom. The second kappa shape index (κ2) is 3.14. The molecule has 6 heteroatoms. The zero-order valence-corrected chi connectivity index (χ0v) is 7.86. The van der Waals surface area contributed by atoms with Gasteiger partial charge in [0.05, 0.1) is 12.2 Å². The first-order valence-corrected chi connectivity index (χ1v) is 4.63. The van der Waals surface area contributed by atoms with E-state index in [0.717, 1.165) is 17.0 Å². The Kier molecular flexibility index (Phi) is 1.97. The smallest absolute Gasteiger partial charge is 0.275 e. The molecule has 0 saturated carbocycles. The zero-order chi connectivity index (χ0) is 9.26. The Morgan fingerprint density at radius 2 is 2.46 bits per heavy atom. The number of nitrogens with zero attached hydrogens (tertiary/aromatic N) is 4. The first-order chi connectivity index (χ1) is 6.25. The summed E-state index contributed by atoms with van der Waals surface area (Å²) in [5, 5.41) is 8.04. The van der Waals surface area contributed by atoms with Gasteiger partial charge in [-0.15, -0.1) is 0 Å². The van der Waals surface area contributed by atoms with E-state index in [1.807, 2.05) is 19.3 Å². The van der Waals surface area contributed by atoms with Crippen LogP contribution in [0.25, 0.3) is 0 Å². The maximum Gasteiger partial charge on any atom is 0.325 e. The topological polar surface area (TPSA) is 52.7 Å². The van der Waals surface area contributed by atoms with E-state index in [9.17, 15) is 4.79 Å². The summed E-state index contributed by atoms with van der Waals surface area (Å²) in [7, 11) is 1.84. The number of aryl methyl sites for hydroxylation is 1. The largest absolute Gasteiger partial charge is 0.325 e. The highest BCUT2D eigenvalue weighted by Gasteiger charge is 2.01. The van der Waals surface area contributed by atoms with Crippen LogP contribution in [-0.4, -0.2) is 19.6 Å². The molecule has 2 heterocycles. The summed E-state index contributed by atoms with van der Waals surface area (Å²) in [4.78, 5) is 11.1. The fourth-order valence-electron chi connectivity index (χ4n) is 1.04. The average Bonchev–Trinajstić information content (AvgIpc) is 2.64.